The summed E-state index contributed by atoms with van der Waals surface area (Å²) in [6, 6.07) is 7.90. The molecule has 6 rings (SSSR count). The smallest absolute Gasteiger partial charge is 0.338 e. The summed E-state index contributed by atoms with van der Waals surface area (Å²) >= 11 is 0. The molecule has 1 aromatic carbocycles. The van der Waals surface area contributed by atoms with Crippen molar-refractivity contribution < 1.29 is 14.3 Å². The number of Topliss-reactive ketones (excluding diaryl/α,β-unsaturated/α-hetero) is 1. The third kappa shape index (κ3) is 6.79. The van der Waals surface area contributed by atoms with E-state index in [9.17, 15) is 9.59 Å². The highest BCUT2D eigenvalue weighted by Crippen LogP contribution is 2.69. The molecular formula is C45H66O3. The number of rotatable bonds is 10. The molecule has 264 valence electrons. The van der Waals surface area contributed by atoms with Crippen LogP contribution in [0, 0.1) is 76.9 Å². The van der Waals surface area contributed by atoms with E-state index in [0.29, 0.717) is 46.4 Å². The Labute approximate surface area is 293 Å². The van der Waals surface area contributed by atoms with Crippen LogP contribution in [0.3, 0.4) is 0 Å². The fourth-order valence-electron chi connectivity index (χ4n) is 12.2. The van der Waals surface area contributed by atoms with Gasteiger partial charge in [0.05, 0.1) is 5.56 Å². The summed E-state index contributed by atoms with van der Waals surface area (Å²) in [6.45, 7) is 18.9. The molecule has 0 aromatic heterocycles. The van der Waals surface area contributed by atoms with E-state index in [1.54, 1.807) is 0 Å². The van der Waals surface area contributed by atoms with Crippen LogP contribution in [0.25, 0.3) is 0 Å². The first-order valence-electron chi connectivity index (χ1n) is 20.0. The van der Waals surface area contributed by atoms with Gasteiger partial charge < -0.3 is 4.74 Å². The molecule has 3 nitrogen and oxygen atoms in total. The van der Waals surface area contributed by atoms with Crippen molar-refractivity contribution in [2.75, 3.05) is 0 Å². The van der Waals surface area contributed by atoms with Gasteiger partial charge in [-0.2, -0.15) is 0 Å². The summed E-state index contributed by atoms with van der Waals surface area (Å²) in [4.78, 5) is 27.6. The molecule has 0 radical (unpaired) electrons. The van der Waals surface area contributed by atoms with Crippen molar-refractivity contribution in [2.45, 2.75) is 139 Å². The lowest BCUT2D eigenvalue weighted by molar-refractivity contribution is -0.170. The largest absolute Gasteiger partial charge is 0.458 e. The zero-order valence-electron chi connectivity index (χ0n) is 31.6. The highest BCUT2D eigenvalue weighted by molar-refractivity contribution is 5.99. The Balaban J connectivity index is 1.25. The molecule has 12 atom stereocenters. The van der Waals surface area contributed by atoms with Gasteiger partial charge in [-0.15, -0.1) is 0 Å². The summed E-state index contributed by atoms with van der Waals surface area (Å²) < 4.78 is 6.70. The second-order valence-corrected chi connectivity index (χ2v) is 18.5. The molecule has 0 heterocycles. The van der Waals surface area contributed by atoms with Crippen LogP contribution in [0.1, 0.15) is 141 Å². The van der Waals surface area contributed by atoms with Crippen LogP contribution in [0.4, 0.5) is 0 Å². The number of benzene rings is 1. The first-order chi connectivity index (χ1) is 22.8. The summed E-state index contributed by atoms with van der Waals surface area (Å²) in [5, 5.41) is 0. The minimum absolute atomic E-state index is 0.00699. The molecule has 3 heteroatoms. The maximum Gasteiger partial charge on any atom is 0.338 e. The van der Waals surface area contributed by atoms with E-state index in [1.807, 2.05) is 24.3 Å². The predicted octanol–water partition coefficient (Wildman–Crippen LogP) is 11.6. The van der Waals surface area contributed by atoms with E-state index in [4.69, 9.17) is 4.74 Å². The number of carbonyl (C=O) groups is 2. The normalized spacial score (nSPS) is 38.7. The zero-order valence-corrected chi connectivity index (χ0v) is 31.6. The molecule has 0 aliphatic heterocycles. The van der Waals surface area contributed by atoms with E-state index in [1.165, 1.54) is 44.9 Å². The molecule has 48 heavy (non-hydrogen) atoms. The van der Waals surface area contributed by atoms with Gasteiger partial charge in [0.25, 0.3) is 0 Å². The molecule has 0 saturated heterocycles. The maximum atomic E-state index is 13.8. The van der Waals surface area contributed by atoms with Crippen molar-refractivity contribution in [1.82, 2.24) is 0 Å². The van der Waals surface area contributed by atoms with Gasteiger partial charge in [0.1, 0.15) is 6.10 Å². The lowest BCUT2D eigenvalue weighted by Crippen LogP contribution is -2.59. The van der Waals surface area contributed by atoms with Gasteiger partial charge in [-0.1, -0.05) is 104 Å². The van der Waals surface area contributed by atoms with Crippen LogP contribution in [-0.2, 0) is 9.53 Å². The third-order valence-electron chi connectivity index (χ3n) is 15.2. The van der Waals surface area contributed by atoms with Crippen LogP contribution in [0.5, 0.6) is 0 Å². The van der Waals surface area contributed by atoms with Crippen molar-refractivity contribution >= 4 is 11.8 Å². The first-order valence-corrected chi connectivity index (χ1v) is 20.0. The number of esters is 1. The molecule has 1 aromatic rings. The summed E-state index contributed by atoms with van der Waals surface area (Å²) in [5.74, 6) is 5.67. The SMILES string of the molecule is Cc1ccc(C(=O)OC2CC3C4CCC(C(C)CCCC(C)C)C4(C)CCC3C3(C)CCC(C(C)C(=O)C4=CCC(C)C=C4)CC23)cc1. The number of fused-ring (bicyclic) bond motifs is 5. The van der Waals surface area contributed by atoms with Crippen LogP contribution in [0.15, 0.2) is 48.1 Å². The average Bonchev–Trinajstić information content (AvgIpc) is 3.42. The standard InChI is InChI=1S/C45H66O3/c1-28(2)10-9-11-31(5)37-20-21-38-36-27-41(48-43(47)34-18-14-30(4)15-19-34)40-26-35(32(6)42(46)33-16-12-29(3)13-17-33)22-24-45(40,8)39(36)23-25-44(37,38)7/h12,14-19,28-29,31-32,35-41H,9-11,13,20-27H2,1-8H3. The molecule has 4 fully saturated rings. The maximum absolute atomic E-state index is 13.8. The van der Waals surface area contributed by atoms with E-state index in [0.717, 1.165) is 66.9 Å². The Morgan fingerprint density at radius 3 is 2.27 bits per heavy atom. The quantitative estimate of drug-likeness (QED) is 0.236. The Kier molecular flexibility index (Phi) is 10.6. The van der Waals surface area contributed by atoms with Gasteiger partial charge in [-0.3, -0.25) is 4.79 Å². The molecule has 0 bridgehead atoms. The third-order valence-corrected chi connectivity index (χ3v) is 15.2. The lowest BCUT2D eigenvalue weighted by Gasteiger charge is -2.63. The topological polar surface area (TPSA) is 43.4 Å². The van der Waals surface area contributed by atoms with Gasteiger partial charge >= 0.3 is 5.97 Å². The molecule has 12 unspecified atom stereocenters. The molecule has 5 aliphatic rings. The molecule has 0 N–H and O–H groups in total. The fourth-order valence-corrected chi connectivity index (χ4v) is 12.2. The van der Waals surface area contributed by atoms with Crippen LogP contribution in [0.2, 0.25) is 0 Å². The first kappa shape index (κ1) is 35.7. The Bertz CT molecular complexity index is 1370. The Morgan fingerprint density at radius 2 is 1.58 bits per heavy atom. The van der Waals surface area contributed by atoms with Crippen molar-refractivity contribution in [3.63, 3.8) is 0 Å². The predicted molar refractivity (Wildman–Crippen MR) is 198 cm³/mol. The Hall–Kier alpha value is -2.16. The molecule has 4 saturated carbocycles. The van der Waals surface area contributed by atoms with Gasteiger partial charge in [0.15, 0.2) is 5.78 Å². The van der Waals surface area contributed by atoms with Gasteiger partial charge in [-0.25, -0.2) is 4.79 Å². The minimum atomic E-state index is -0.166. The van der Waals surface area contributed by atoms with E-state index < -0.39 is 0 Å². The molecule has 0 spiro atoms. The van der Waals surface area contributed by atoms with Crippen molar-refractivity contribution in [3.05, 3.63) is 59.2 Å². The number of carbonyl (C=O) groups excluding carboxylic acids is 2. The van der Waals surface area contributed by atoms with Gasteiger partial charge in [0, 0.05) is 17.4 Å². The number of allylic oxidation sites excluding steroid dienone is 4. The molecule has 0 amide bonds. The number of hydrogen-bond donors (Lipinski definition) is 0. The van der Waals surface area contributed by atoms with Crippen LogP contribution >= 0.6 is 0 Å². The van der Waals surface area contributed by atoms with Crippen molar-refractivity contribution in [1.29, 1.82) is 0 Å². The highest BCUT2D eigenvalue weighted by Gasteiger charge is 2.63. The summed E-state index contributed by atoms with van der Waals surface area (Å²) in [7, 11) is 0. The second kappa shape index (κ2) is 14.2. The van der Waals surface area contributed by atoms with Gasteiger partial charge in [0.2, 0.25) is 0 Å². The average molecular weight is 655 g/mol. The number of hydrogen-bond acceptors (Lipinski definition) is 3. The van der Waals surface area contributed by atoms with Gasteiger partial charge in [-0.05, 0) is 135 Å². The van der Waals surface area contributed by atoms with E-state index >= 15 is 0 Å². The van der Waals surface area contributed by atoms with Crippen molar-refractivity contribution in [3.8, 4) is 0 Å². The fraction of sp³-hybridized carbons (Fsp3) is 0.733. The Morgan fingerprint density at radius 1 is 0.875 bits per heavy atom. The van der Waals surface area contributed by atoms with E-state index in [-0.39, 0.29) is 23.4 Å². The minimum Gasteiger partial charge on any atom is -0.458 e. The highest BCUT2D eigenvalue weighted by atomic mass is 16.5. The summed E-state index contributed by atoms with van der Waals surface area (Å²) in [5.41, 5.74) is 3.25. The lowest BCUT2D eigenvalue weighted by atomic mass is 9.43. The van der Waals surface area contributed by atoms with E-state index in [2.05, 4.69) is 73.6 Å². The summed E-state index contributed by atoms with van der Waals surface area (Å²) in [6.07, 6.45) is 20.9. The molecular weight excluding hydrogens is 588 g/mol. The number of aryl methyl sites for hydroxylation is 1. The number of ether oxygens (including phenoxy) is 1. The zero-order chi connectivity index (χ0) is 34.4. The van der Waals surface area contributed by atoms with Crippen LogP contribution < -0.4 is 0 Å². The second-order valence-electron chi connectivity index (χ2n) is 18.5. The van der Waals surface area contributed by atoms with Crippen molar-refractivity contribution in [2.24, 2.45) is 70.0 Å². The number of ketones is 1. The monoisotopic (exact) mass is 655 g/mol. The molecule has 5 aliphatic carbocycles. The van der Waals surface area contributed by atoms with Crippen LogP contribution in [-0.4, -0.2) is 17.9 Å².